The van der Waals surface area contributed by atoms with Crippen LogP contribution < -0.4 is 10.6 Å². The first kappa shape index (κ1) is 27.9. The van der Waals surface area contributed by atoms with Crippen LogP contribution in [0.25, 0.3) is 11.3 Å². The summed E-state index contributed by atoms with van der Waals surface area (Å²) in [5.74, 6) is -0.397. The Kier molecular flexibility index (Phi) is 8.87. The van der Waals surface area contributed by atoms with Crippen molar-refractivity contribution in [3.8, 4) is 11.3 Å². The first-order valence-electron chi connectivity index (χ1n) is 12.3. The molecular formula is C31H23Cl2N3O2S2. The number of nitrogens with zero attached hydrogens (tertiary/aromatic N) is 1. The molecule has 5 nitrogen and oxygen atoms in total. The van der Waals surface area contributed by atoms with Crippen molar-refractivity contribution in [2.24, 2.45) is 0 Å². The number of carbonyl (C=O) groups is 2. The van der Waals surface area contributed by atoms with E-state index in [2.05, 4.69) is 15.6 Å². The summed E-state index contributed by atoms with van der Waals surface area (Å²) in [7, 11) is 0. The first-order valence-corrected chi connectivity index (χ1v) is 14.8. The van der Waals surface area contributed by atoms with E-state index in [4.69, 9.17) is 23.2 Å². The van der Waals surface area contributed by atoms with Crippen LogP contribution in [-0.2, 0) is 4.79 Å². The number of hydrogen-bond acceptors (Lipinski definition) is 5. The smallest absolute Gasteiger partial charge is 0.255 e. The highest BCUT2D eigenvalue weighted by atomic mass is 35.5. The van der Waals surface area contributed by atoms with Crippen LogP contribution in [0.5, 0.6) is 0 Å². The minimum absolute atomic E-state index is 0.182. The summed E-state index contributed by atoms with van der Waals surface area (Å²) >= 11 is 15.1. The maximum Gasteiger partial charge on any atom is 0.255 e. The van der Waals surface area contributed by atoms with Crippen molar-refractivity contribution in [3.05, 3.63) is 129 Å². The monoisotopic (exact) mass is 603 g/mol. The average Bonchev–Trinajstić information content (AvgIpc) is 3.40. The van der Waals surface area contributed by atoms with Gasteiger partial charge in [-0.3, -0.25) is 9.59 Å². The molecule has 0 aliphatic rings. The van der Waals surface area contributed by atoms with Crippen molar-refractivity contribution in [1.29, 1.82) is 0 Å². The molecule has 1 heterocycles. The number of nitrogens with one attached hydrogen (secondary N) is 2. The molecule has 5 aromatic rings. The molecule has 2 amide bonds. The van der Waals surface area contributed by atoms with Crippen LogP contribution in [0.4, 0.5) is 10.8 Å². The predicted octanol–water partition coefficient (Wildman–Crippen LogP) is 9.15. The number of aryl methyl sites for hydroxylation is 1. The van der Waals surface area contributed by atoms with Gasteiger partial charge < -0.3 is 10.6 Å². The van der Waals surface area contributed by atoms with Crippen LogP contribution >= 0.6 is 46.3 Å². The lowest BCUT2D eigenvalue weighted by atomic mass is 10.1. The summed E-state index contributed by atoms with van der Waals surface area (Å²) in [5.41, 5.74) is 4.40. The van der Waals surface area contributed by atoms with Crippen LogP contribution in [0.2, 0.25) is 10.0 Å². The van der Waals surface area contributed by atoms with Crippen LogP contribution in [0.3, 0.4) is 0 Å². The summed E-state index contributed by atoms with van der Waals surface area (Å²) in [6.07, 6.45) is 0. The summed E-state index contributed by atoms with van der Waals surface area (Å²) in [6, 6.07) is 29.7. The number of carbonyl (C=O) groups excluding carboxylic acids is 2. The van der Waals surface area contributed by atoms with E-state index in [1.807, 2.05) is 85.1 Å². The molecule has 0 fully saturated rings. The van der Waals surface area contributed by atoms with E-state index in [0.717, 1.165) is 21.6 Å². The molecule has 0 saturated heterocycles. The fraction of sp³-hybridized carbons (Fsp3) is 0.0645. The number of anilines is 2. The van der Waals surface area contributed by atoms with Crippen molar-refractivity contribution in [2.75, 3.05) is 10.6 Å². The zero-order chi connectivity index (χ0) is 28.1. The molecule has 200 valence electrons. The van der Waals surface area contributed by atoms with Crippen molar-refractivity contribution in [1.82, 2.24) is 4.98 Å². The zero-order valence-corrected chi connectivity index (χ0v) is 24.4. The molecule has 5 rings (SSSR count). The van der Waals surface area contributed by atoms with E-state index < -0.39 is 5.25 Å². The fourth-order valence-electron chi connectivity index (χ4n) is 4.03. The number of rotatable bonds is 8. The predicted molar refractivity (Wildman–Crippen MR) is 167 cm³/mol. The summed E-state index contributed by atoms with van der Waals surface area (Å²) < 4.78 is 0. The number of thioether (sulfide) groups is 1. The minimum atomic E-state index is -0.560. The quantitative estimate of drug-likeness (QED) is 0.173. The summed E-state index contributed by atoms with van der Waals surface area (Å²) in [5, 5.41) is 8.71. The van der Waals surface area contributed by atoms with Crippen LogP contribution in [0.1, 0.15) is 26.7 Å². The van der Waals surface area contributed by atoms with E-state index in [9.17, 15) is 9.59 Å². The van der Waals surface area contributed by atoms with Crippen LogP contribution in [0, 0.1) is 6.92 Å². The third-order valence-electron chi connectivity index (χ3n) is 6.02. The maximum absolute atomic E-state index is 13.6. The highest BCUT2D eigenvalue weighted by molar-refractivity contribution is 8.00. The van der Waals surface area contributed by atoms with Gasteiger partial charge in [-0.2, -0.15) is 0 Å². The molecule has 2 N–H and O–H groups in total. The van der Waals surface area contributed by atoms with Crippen molar-refractivity contribution in [2.45, 2.75) is 17.1 Å². The molecule has 9 heteroatoms. The Bertz CT molecular complexity index is 1670. The number of aromatic nitrogens is 1. The van der Waals surface area contributed by atoms with Crippen molar-refractivity contribution >= 4 is 68.9 Å². The zero-order valence-electron chi connectivity index (χ0n) is 21.2. The number of benzene rings is 4. The molecule has 40 heavy (non-hydrogen) atoms. The van der Waals surface area contributed by atoms with E-state index in [1.54, 1.807) is 24.3 Å². The molecule has 0 saturated carbocycles. The van der Waals surface area contributed by atoms with E-state index >= 15 is 0 Å². The lowest BCUT2D eigenvalue weighted by Gasteiger charge is -2.17. The molecule has 0 bridgehead atoms. The average molecular weight is 605 g/mol. The molecule has 4 aromatic carbocycles. The van der Waals surface area contributed by atoms with Gasteiger partial charge in [-0.05, 0) is 60.5 Å². The van der Waals surface area contributed by atoms with Gasteiger partial charge in [0.05, 0.1) is 10.7 Å². The van der Waals surface area contributed by atoms with Gasteiger partial charge in [-0.15, -0.1) is 23.1 Å². The molecule has 1 atom stereocenters. The minimum Gasteiger partial charge on any atom is -0.322 e. The lowest BCUT2D eigenvalue weighted by molar-refractivity contribution is -0.115. The van der Waals surface area contributed by atoms with Gasteiger partial charge in [0.1, 0.15) is 5.25 Å². The fourth-order valence-corrected chi connectivity index (χ4v) is 6.34. The van der Waals surface area contributed by atoms with Crippen LogP contribution in [0.15, 0.2) is 107 Å². The maximum atomic E-state index is 13.6. The second-order valence-corrected chi connectivity index (χ2v) is 11.7. The van der Waals surface area contributed by atoms with E-state index in [-0.39, 0.29) is 11.8 Å². The highest BCUT2D eigenvalue weighted by Gasteiger charge is 2.24. The Balaban J connectivity index is 1.35. The third-order valence-corrected chi connectivity index (χ3v) is 8.57. The molecular weight excluding hydrogens is 581 g/mol. The highest BCUT2D eigenvalue weighted by Crippen LogP contribution is 2.38. The van der Waals surface area contributed by atoms with Gasteiger partial charge in [0.15, 0.2) is 5.13 Å². The van der Waals surface area contributed by atoms with Gasteiger partial charge in [-0.1, -0.05) is 77.8 Å². The second kappa shape index (κ2) is 12.7. The number of hydrogen-bond donors (Lipinski definition) is 2. The SMILES string of the molecule is Cc1ccccc1C(=O)Nc1cccc(SC(C(=O)Nc2nc(-c3ccc(Cl)cc3Cl)cs2)c2ccccc2)c1. The van der Waals surface area contributed by atoms with Crippen molar-refractivity contribution in [3.63, 3.8) is 0 Å². The topological polar surface area (TPSA) is 71.1 Å². The Morgan fingerprint density at radius 1 is 0.875 bits per heavy atom. The number of halogens is 2. The Labute approximate surface area is 250 Å². The number of thiazole rings is 1. The normalized spacial score (nSPS) is 11.6. The third kappa shape index (κ3) is 6.74. The summed E-state index contributed by atoms with van der Waals surface area (Å²) in [4.78, 5) is 31.8. The molecule has 1 unspecified atom stereocenters. The van der Waals surface area contributed by atoms with Gasteiger partial charge >= 0.3 is 0 Å². The molecule has 0 aliphatic heterocycles. The largest absolute Gasteiger partial charge is 0.322 e. The summed E-state index contributed by atoms with van der Waals surface area (Å²) in [6.45, 7) is 1.90. The molecule has 0 radical (unpaired) electrons. The lowest BCUT2D eigenvalue weighted by Crippen LogP contribution is -2.19. The van der Waals surface area contributed by atoms with E-state index in [1.165, 1.54) is 23.1 Å². The second-order valence-electron chi connectivity index (χ2n) is 8.86. The first-order chi connectivity index (χ1) is 19.4. The van der Waals surface area contributed by atoms with Gasteiger partial charge in [0, 0.05) is 32.1 Å². The Hall–Kier alpha value is -3.62. The Morgan fingerprint density at radius 2 is 1.65 bits per heavy atom. The van der Waals surface area contributed by atoms with Crippen LogP contribution in [-0.4, -0.2) is 16.8 Å². The standard InChI is InChI=1S/C31H23Cl2N3O2S2/c1-19-8-5-6-13-24(19)29(37)34-22-11-7-12-23(17-22)40-28(20-9-3-2-4-10-20)30(38)36-31-35-27(18-39-31)25-15-14-21(32)16-26(25)33/h2-18,28H,1H3,(H,34,37)(H,35,36,38). The van der Waals surface area contributed by atoms with Gasteiger partial charge in [0.2, 0.25) is 5.91 Å². The molecule has 0 spiro atoms. The van der Waals surface area contributed by atoms with Gasteiger partial charge in [-0.25, -0.2) is 4.98 Å². The van der Waals surface area contributed by atoms with Gasteiger partial charge in [0.25, 0.3) is 5.91 Å². The molecule has 1 aromatic heterocycles. The Morgan fingerprint density at radius 3 is 2.42 bits per heavy atom. The number of amides is 2. The van der Waals surface area contributed by atoms with Crippen molar-refractivity contribution < 1.29 is 9.59 Å². The van der Waals surface area contributed by atoms with E-state index in [0.29, 0.717) is 32.1 Å². The molecule has 0 aliphatic carbocycles.